The molecule has 2 N–H and O–H groups in total. The zero-order valence-electron chi connectivity index (χ0n) is 11.1. The maximum absolute atomic E-state index is 12.0. The number of nitrogens with zero attached hydrogens (tertiary/aromatic N) is 2. The van der Waals surface area contributed by atoms with Crippen LogP contribution in [0, 0.1) is 0 Å². The van der Waals surface area contributed by atoms with Crippen molar-refractivity contribution >= 4 is 28.3 Å². The van der Waals surface area contributed by atoms with Gasteiger partial charge in [-0.1, -0.05) is 6.07 Å². The van der Waals surface area contributed by atoms with Gasteiger partial charge < -0.3 is 10.6 Å². The van der Waals surface area contributed by atoms with Gasteiger partial charge in [-0.15, -0.1) is 11.3 Å². The number of hydrogen-bond acceptors (Lipinski definition) is 5. The first-order valence-corrected chi connectivity index (χ1v) is 6.88. The van der Waals surface area contributed by atoms with Crippen molar-refractivity contribution in [3.8, 4) is 0 Å². The number of pyridine rings is 1. The average molecular weight is 290 g/mol. The quantitative estimate of drug-likeness (QED) is 0.902. The van der Waals surface area contributed by atoms with Gasteiger partial charge in [-0.2, -0.15) is 0 Å². The molecule has 0 saturated carbocycles. The normalized spacial score (nSPS) is 11.7. The van der Waals surface area contributed by atoms with Crippen molar-refractivity contribution in [3.63, 3.8) is 0 Å². The highest BCUT2D eigenvalue weighted by atomic mass is 32.1. The Morgan fingerprint density at radius 3 is 2.85 bits per heavy atom. The molecule has 2 amide bonds. The van der Waals surface area contributed by atoms with Crippen LogP contribution in [0.4, 0.5) is 5.13 Å². The van der Waals surface area contributed by atoms with Crippen molar-refractivity contribution < 1.29 is 9.59 Å². The molecule has 2 rings (SSSR count). The fourth-order valence-corrected chi connectivity index (χ4v) is 2.31. The molecule has 0 saturated heterocycles. The molecule has 0 fully saturated rings. The first-order valence-electron chi connectivity index (χ1n) is 6.00. The number of hydrogen-bond donors (Lipinski definition) is 2. The molecule has 0 aromatic carbocycles. The number of thiazole rings is 1. The summed E-state index contributed by atoms with van der Waals surface area (Å²) < 4.78 is 0. The Hall–Kier alpha value is -2.28. The fourth-order valence-electron chi connectivity index (χ4n) is 1.57. The second kappa shape index (κ2) is 6.25. The number of aromatic nitrogens is 2. The standard InChI is InChI=1S/C13H14N4O2S/c1-8(10-4-3-5-14-6-10)15-12(19)11-7-20-13(17-11)16-9(2)18/h3-8H,1-2H3,(H,15,19)(H,16,17,18)/t8-/m1/s1. The minimum atomic E-state index is -0.283. The van der Waals surface area contributed by atoms with E-state index in [0.29, 0.717) is 5.13 Å². The molecule has 0 aliphatic carbocycles. The van der Waals surface area contributed by atoms with E-state index in [-0.39, 0.29) is 23.6 Å². The van der Waals surface area contributed by atoms with Crippen molar-refractivity contribution in [1.82, 2.24) is 15.3 Å². The van der Waals surface area contributed by atoms with Gasteiger partial charge in [-0.3, -0.25) is 14.6 Å². The van der Waals surface area contributed by atoms with E-state index < -0.39 is 0 Å². The lowest BCUT2D eigenvalue weighted by Gasteiger charge is -2.12. The summed E-state index contributed by atoms with van der Waals surface area (Å²) >= 11 is 1.21. The van der Waals surface area contributed by atoms with Crippen LogP contribution in [0.3, 0.4) is 0 Å². The van der Waals surface area contributed by atoms with E-state index in [1.54, 1.807) is 17.8 Å². The minimum absolute atomic E-state index is 0.165. The van der Waals surface area contributed by atoms with Crippen molar-refractivity contribution in [2.24, 2.45) is 0 Å². The smallest absolute Gasteiger partial charge is 0.271 e. The third kappa shape index (κ3) is 3.61. The molecule has 1 atom stereocenters. The van der Waals surface area contributed by atoms with Crippen molar-refractivity contribution in [2.45, 2.75) is 19.9 Å². The maximum Gasteiger partial charge on any atom is 0.271 e. The van der Waals surface area contributed by atoms with Crippen LogP contribution in [-0.4, -0.2) is 21.8 Å². The lowest BCUT2D eigenvalue weighted by molar-refractivity contribution is -0.114. The van der Waals surface area contributed by atoms with Crippen LogP contribution in [0.2, 0.25) is 0 Å². The predicted octanol–water partition coefficient (Wildman–Crippen LogP) is 1.99. The summed E-state index contributed by atoms with van der Waals surface area (Å²) in [7, 11) is 0. The van der Waals surface area contributed by atoms with Crippen LogP contribution in [0.1, 0.15) is 35.9 Å². The second-order valence-electron chi connectivity index (χ2n) is 4.20. The van der Waals surface area contributed by atoms with Gasteiger partial charge in [0.25, 0.3) is 5.91 Å². The number of carbonyl (C=O) groups is 2. The molecule has 2 aromatic heterocycles. The number of nitrogens with one attached hydrogen (secondary N) is 2. The average Bonchev–Trinajstić information content (AvgIpc) is 2.87. The van der Waals surface area contributed by atoms with Crippen LogP contribution in [0.25, 0.3) is 0 Å². The zero-order chi connectivity index (χ0) is 14.5. The Kier molecular flexibility index (Phi) is 4.41. The van der Waals surface area contributed by atoms with Gasteiger partial charge in [0.15, 0.2) is 5.13 Å². The molecule has 6 nitrogen and oxygen atoms in total. The van der Waals surface area contributed by atoms with Crippen LogP contribution >= 0.6 is 11.3 Å². The van der Waals surface area contributed by atoms with E-state index in [1.165, 1.54) is 18.3 Å². The molecule has 0 aliphatic rings. The summed E-state index contributed by atoms with van der Waals surface area (Å²) in [6.07, 6.45) is 3.38. The van der Waals surface area contributed by atoms with Crippen LogP contribution < -0.4 is 10.6 Å². The van der Waals surface area contributed by atoms with Gasteiger partial charge in [0.2, 0.25) is 5.91 Å². The third-order valence-electron chi connectivity index (χ3n) is 2.55. The Bertz CT molecular complexity index is 612. The molecule has 2 aromatic rings. The van der Waals surface area contributed by atoms with E-state index in [2.05, 4.69) is 20.6 Å². The number of rotatable bonds is 4. The Labute approximate surface area is 120 Å². The maximum atomic E-state index is 12.0. The Balaban J connectivity index is 2.01. The summed E-state index contributed by atoms with van der Waals surface area (Å²) in [5, 5.41) is 7.40. The summed E-state index contributed by atoms with van der Waals surface area (Å²) in [4.78, 5) is 31.0. The third-order valence-corrected chi connectivity index (χ3v) is 3.31. The molecule has 0 bridgehead atoms. The molecule has 0 unspecified atom stereocenters. The van der Waals surface area contributed by atoms with E-state index in [9.17, 15) is 9.59 Å². The van der Waals surface area contributed by atoms with Crippen LogP contribution in [0.15, 0.2) is 29.9 Å². The predicted molar refractivity (Wildman–Crippen MR) is 76.5 cm³/mol. The van der Waals surface area contributed by atoms with Gasteiger partial charge >= 0.3 is 0 Å². The van der Waals surface area contributed by atoms with Crippen LogP contribution in [-0.2, 0) is 4.79 Å². The molecule has 0 aliphatic heterocycles. The monoisotopic (exact) mass is 290 g/mol. The lowest BCUT2D eigenvalue weighted by Crippen LogP contribution is -2.27. The van der Waals surface area contributed by atoms with Crippen molar-refractivity contribution in [2.75, 3.05) is 5.32 Å². The van der Waals surface area contributed by atoms with Crippen molar-refractivity contribution in [1.29, 1.82) is 0 Å². The summed E-state index contributed by atoms with van der Waals surface area (Å²) in [5.41, 5.74) is 1.20. The molecule has 7 heteroatoms. The van der Waals surface area contributed by atoms with E-state index >= 15 is 0 Å². The lowest BCUT2D eigenvalue weighted by atomic mass is 10.1. The summed E-state index contributed by atoms with van der Waals surface area (Å²) in [6, 6.07) is 3.54. The van der Waals surface area contributed by atoms with E-state index in [4.69, 9.17) is 0 Å². The molecule has 0 spiro atoms. The first-order chi connectivity index (χ1) is 9.56. The molecular weight excluding hydrogens is 276 g/mol. The van der Waals surface area contributed by atoms with Crippen molar-refractivity contribution in [3.05, 3.63) is 41.2 Å². The number of carbonyl (C=O) groups excluding carboxylic acids is 2. The van der Waals surface area contributed by atoms with Gasteiger partial charge in [0.1, 0.15) is 5.69 Å². The second-order valence-corrected chi connectivity index (χ2v) is 5.06. The number of amides is 2. The summed E-state index contributed by atoms with van der Waals surface area (Å²) in [6.45, 7) is 3.27. The minimum Gasteiger partial charge on any atom is -0.344 e. The fraction of sp³-hybridized carbons (Fsp3) is 0.231. The first kappa shape index (κ1) is 14.1. The highest BCUT2D eigenvalue weighted by Gasteiger charge is 2.14. The highest BCUT2D eigenvalue weighted by molar-refractivity contribution is 7.14. The van der Waals surface area contributed by atoms with Gasteiger partial charge in [0.05, 0.1) is 6.04 Å². The Morgan fingerprint density at radius 2 is 2.20 bits per heavy atom. The Morgan fingerprint density at radius 1 is 1.40 bits per heavy atom. The zero-order valence-corrected chi connectivity index (χ0v) is 11.9. The highest BCUT2D eigenvalue weighted by Crippen LogP contribution is 2.16. The van der Waals surface area contributed by atoms with E-state index in [1.807, 2.05) is 19.1 Å². The van der Waals surface area contributed by atoms with Gasteiger partial charge in [-0.25, -0.2) is 4.98 Å². The van der Waals surface area contributed by atoms with Crippen LogP contribution in [0.5, 0.6) is 0 Å². The topological polar surface area (TPSA) is 84.0 Å². The largest absolute Gasteiger partial charge is 0.344 e. The van der Waals surface area contributed by atoms with Gasteiger partial charge in [-0.05, 0) is 18.6 Å². The van der Waals surface area contributed by atoms with Gasteiger partial charge in [0, 0.05) is 24.7 Å². The SMILES string of the molecule is CC(=O)Nc1nc(C(=O)N[C@H](C)c2cccnc2)cs1. The molecule has 2 heterocycles. The number of anilines is 1. The molecule has 20 heavy (non-hydrogen) atoms. The molecule has 104 valence electrons. The summed E-state index contributed by atoms with van der Waals surface area (Å²) in [5.74, 6) is -0.496. The van der Waals surface area contributed by atoms with E-state index in [0.717, 1.165) is 5.56 Å². The molecular formula is C13H14N4O2S. The molecule has 0 radical (unpaired) electrons.